The number of ether oxygens (including phenoxy) is 1. The summed E-state index contributed by atoms with van der Waals surface area (Å²) in [6.45, 7) is 14.1. The van der Waals surface area contributed by atoms with E-state index >= 15 is 0 Å². The molecule has 6 heteroatoms. The van der Waals surface area contributed by atoms with Crippen LogP contribution in [-0.2, 0) is 4.79 Å². The van der Waals surface area contributed by atoms with E-state index in [9.17, 15) is 4.79 Å². The zero-order chi connectivity index (χ0) is 23.9. The molecular weight excluding hydrogens is 430 g/mol. The lowest BCUT2D eigenvalue weighted by Gasteiger charge is -2.47. The number of rotatable bonds is 4. The number of benzene rings is 2. The van der Waals surface area contributed by atoms with Gasteiger partial charge in [0.2, 0.25) is 0 Å². The zero-order valence-electron chi connectivity index (χ0n) is 20.6. The molecule has 2 heterocycles. The average molecular weight is 464 g/mol. The summed E-state index contributed by atoms with van der Waals surface area (Å²) in [7, 11) is 1.69. The number of aryl methyl sites for hydroxylation is 1. The van der Waals surface area contributed by atoms with Gasteiger partial charge in [-0.1, -0.05) is 19.1 Å². The van der Waals surface area contributed by atoms with Crippen molar-refractivity contribution in [2.75, 3.05) is 18.6 Å². The number of fused-ring (bicyclic) bond motifs is 1. The van der Waals surface area contributed by atoms with Crippen LogP contribution in [0.1, 0.15) is 62.3 Å². The number of hydrogen-bond donors (Lipinski definition) is 1. The van der Waals surface area contributed by atoms with Crippen molar-refractivity contribution in [3.05, 3.63) is 57.5 Å². The number of amidine groups is 1. The SMILES string of the molecule is CCN1c2cc(OC)c(/C=C3/SC(=Nc4cccc(C)c4C)NC3=O)cc2C(C)CC1(C)C. The van der Waals surface area contributed by atoms with Crippen LogP contribution >= 0.6 is 11.8 Å². The van der Waals surface area contributed by atoms with Crippen LogP contribution in [0, 0.1) is 13.8 Å². The van der Waals surface area contributed by atoms with E-state index < -0.39 is 0 Å². The van der Waals surface area contributed by atoms with Gasteiger partial charge in [-0.25, -0.2) is 4.99 Å². The van der Waals surface area contributed by atoms with Gasteiger partial charge in [-0.05, 0) is 93.6 Å². The highest BCUT2D eigenvalue weighted by Crippen LogP contribution is 2.46. The Balaban J connectivity index is 1.71. The molecule has 0 aromatic heterocycles. The van der Waals surface area contributed by atoms with Gasteiger partial charge in [0, 0.05) is 29.4 Å². The summed E-state index contributed by atoms with van der Waals surface area (Å²) >= 11 is 1.37. The molecule has 1 amide bonds. The van der Waals surface area contributed by atoms with Crippen molar-refractivity contribution >= 4 is 40.3 Å². The third-order valence-corrected chi connectivity index (χ3v) is 7.70. The van der Waals surface area contributed by atoms with E-state index in [1.165, 1.54) is 28.6 Å². The van der Waals surface area contributed by atoms with Gasteiger partial charge in [-0.3, -0.25) is 4.79 Å². The van der Waals surface area contributed by atoms with E-state index in [0.717, 1.165) is 35.5 Å². The molecule has 2 aromatic carbocycles. The zero-order valence-corrected chi connectivity index (χ0v) is 21.4. The van der Waals surface area contributed by atoms with Gasteiger partial charge in [0.15, 0.2) is 5.17 Å². The van der Waals surface area contributed by atoms with Crippen LogP contribution < -0.4 is 15.0 Å². The number of nitrogens with zero attached hydrogens (tertiary/aromatic N) is 2. The van der Waals surface area contributed by atoms with E-state index in [1.54, 1.807) is 7.11 Å². The van der Waals surface area contributed by atoms with Crippen LogP contribution in [0.25, 0.3) is 6.08 Å². The fraction of sp³-hybridized carbons (Fsp3) is 0.407. The van der Waals surface area contributed by atoms with Crippen molar-refractivity contribution in [1.82, 2.24) is 5.32 Å². The number of amides is 1. The first kappa shape index (κ1) is 23.4. The predicted molar refractivity (Wildman–Crippen MR) is 140 cm³/mol. The molecule has 0 spiro atoms. The molecular formula is C27H33N3O2S. The molecule has 4 rings (SSSR count). The van der Waals surface area contributed by atoms with Crippen molar-refractivity contribution in [3.63, 3.8) is 0 Å². The fourth-order valence-corrected chi connectivity index (χ4v) is 5.83. The average Bonchev–Trinajstić information content (AvgIpc) is 3.09. The largest absolute Gasteiger partial charge is 0.496 e. The Labute approximate surface area is 201 Å². The number of carbonyl (C=O) groups excluding carboxylic acids is 1. The Bertz CT molecular complexity index is 1170. The number of aliphatic imine (C=N–C) groups is 1. The molecule has 0 radical (unpaired) electrons. The van der Waals surface area contributed by atoms with Gasteiger partial charge >= 0.3 is 0 Å². The van der Waals surface area contributed by atoms with Crippen molar-refractivity contribution in [2.45, 2.75) is 59.4 Å². The number of nitrogens with one attached hydrogen (secondary N) is 1. The first-order chi connectivity index (χ1) is 15.6. The van der Waals surface area contributed by atoms with Crippen molar-refractivity contribution in [3.8, 4) is 5.75 Å². The highest BCUT2D eigenvalue weighted by Gasteiger charge is 2.36. The normalized spacial score (nSPS) is 22.0. The highest BCUT2D eigenvalue weighted by molar-refractivity contribution is 8.18. The quantitative estimate of drug-likeness (QED) is 0.540. The van der Waals surface area contributed by atoms with E-state index in [1.807, 2.05) is 25.1 Å². The molecule has 1 N–H and O–H groups in total. The summed E-state index contributed by atoms with van der Waals surface area (Å²) in [5.41, 5.74) is 6.71. The van der Waals surface area contributed by atoms with Crippen LogP contribution in [-0.4, -0.2) is 30.3 Å². The van der Waals surface area contributed by atoms with E-state index in [4.69, 9.17) is 9.73 Å². The number of methoxy groups -OCH3 is 1. The standard InChI is InChI=1S/C27H33N3O2S/c1-8-30-22-14-23(32-7)19(12-20(22)17(3)15-27(30,5)6)13-24-25(31)29-26(33-24)28-21-11-9-10-16(2)18(21)4/h9-14,17H,8,15H2,1-7H3,(H,28,29,31)/b24-13+. The summed E-state index contributed by atoms with van der Waals surface area (Å²) < 4.78 is 5.76. The molecule has 1 fully saturated rings. The molecule has 2 aliphatic heterocycles. The number of carbonyl (C=O) groups is 1. The second-order valence-corrected chi connectivity index (χ2v) is 10.5. The van der Waals surface area contributed by atoms with E-state index in [0.29, 0.717) is 16.0 Å². The Morgan fingerprint density at radius 2 is 2.06 bits per heavy atom. The second kappa shape index (κ2) is 8.90. The van der Waals surface area contributed by atoms with Crippen LogP contribution in [0.3, 0.4) is 0 Å². The maximum atomic E-state index is 12.7. The van der Waals surface area contributed by atoms with Gasteiger partial charge in [0.05, 0.1) is 17.7 Å². The lowest BCUT2D eigenvalue weighted by molar-refractivity contribution is -0.115. The minimum atomic E-state index is -0.131. The lowest BCUT2D eigenvalue weighted by Crippen LogP contribution is -2.48. The predicted octanol–water partition coefficient (Wildman–Crippen LogP) is 6.32. The molecule has 174 valence electrons. The minimum absolute atomic E-state index is 0.0899. The maximum Gasteiger partial charge on any atom is 0.264 e. The third kappa shape index (κ3) is 4.41. The first-order valence-corrected chi connectivity index (χ1v) is 12.3. The Hall–Kier alpha value is -2.73. The molecule has 1 saturated heterocycles. The first-order valence-electron chi connectivity index (χ1n) is 11.5. The number of anilines is 1. The molecule has 0 bridgehead atoms. The molecule has 0 aliphatic carbocycles. The van der Waals surface area contributed by atoms with Gasteiger partial charge in [-0.2, -0.15) is 0 Å². The summed E-state index contributed by atoms with van der Waals surface area (Å²) in [6.07, 6.45) is 3.01. The van der Waals surface area contributed by atoms with Crippen molar-refractivity contribution < 1.29 is 9.53 Å². The number of thioether (sulfide) groups is 1. The van der Waals surface area contributed by atoms with Crippen molar-refractivity contribution in [2.24, 2.45) is 4.99 Å². The Kier molecular flexibility index (Phi) is 6.32. The van der Waals surface area contributed by atoms with Crippen molar-refractivity contribution in [1.29, 1.82) is 0 Å². The summed E-state index contributed by atoms with van der Waals surface area (Å²) in [5, 5.41) is 3.51. The smallest absolute Gasteiger partial charge is 0.264 e. The molecule has 5 nitrogen and oxygen atoms in total. The second-order valence-electron chi connectivity index (χ2n) is 9.52. The van der Waals surface area contributed by atoms with E-state index in [2.05, 4.69) is 63.0 Å². The van der Waals surface area contributed by atoms with Crippen LogP contribution in [0.5, 0.6) is 5.75 Å². The summed E-state index contributed by atoms with van der Waals surface area (Å²) in [6, 6.07) is 10.3. The van der Waals surface area contributed by atoms with E-state index in [-0.39, 0.29) is 11.4 Å². The Morgan fingerprint density at radius 1 is 1.30 bits per heavy atom. The molecule has 1 atom stereocenters. The Morgan fingerprint density at radius 3 is 2.76 bits per heavy atom. The van der Waals surface area contributed by atoms with Crippen LogP contribution in [0.15, 0.2) is 40.2 Å². The maximum absolute atomic E-state index is 12.7. The highest BCUT2D eigenvalue weighted by atomic mass is 32.2. The minimum Gasteiger partial charge on any atom is -0.496 e. The molecule has 1 unspecified atom stereocenters. The molecule has 0 saturated carbocycles. The summed E-state index contributed by atoms with van der Waals surface area (Å²) in [5.74, 6) is 1.07. The van der Waals surface area contributed by atoms with Crippen LogP contribution in [0.4, 0.5) is 11.4 Å². The van der Waals surface area contributed by atoms with Gasteiger partial charge in [-0.15, -0.1) is 0 Å². The van der Waals surface area contributed by atoms with Gasteiger partial charge in [0.1, 0.15) is 5.75 Å². The fourth-order valence-electron chi connectivity index (χ4n) is 5.00. The third-order valence-electron chi connectivity index (χ3n) is 6.79. The van der Waals surface area contributed by atoms with Gasteiger partial charge in [0.25, 0.3) is 5.91 Å². The molecule has 33 heavy (non-hydrogen) atoms. The topological polar surface area (TPSA) is 53.9 Å². The molecule has 2 aromatic rings. The monoisotopic (exact) mass is 463 g/mol. The summed E-state index contributed by atoms with van der Waals surface area (Å²) in [4.78, 5) is 20.5. The molecule has 2 aliphatic rings. The number of hydrogen-bond acceptors (Lipinski definition) is 5. The van der Waals surface area contributed by atoms with Crippen LogP contribution in [0.2, 0.25) is 0 Å². The lowest BCUT2D eigenvalue weighted by atomic mass is 9.79. The van der Waals surface area contributed by atoms with Gasteiger partial charge < -0.3 is 15.0 Å².